The molecule has 0 radical (unpaired) electrons. The molecule has 2 atom stereocenters. The highest BCUT2D eigenvalue weighted by Crippen LogP contribution is 2.25. The highest BCUT2D eigenvalue weighted by atomic mass is 19.2. The number of aliphatic hydroxyl groups is 1. The molecule has 0 aromatic carbocycles. The highest BCUT2D eigenvalue weighted by molar-refractivity contribution is 5.74. The second-order valence-electron chi connectivity index (χ2n) is 2.29. The number of allylic oxidation sites excluding steroid dienone is 2. The van der Waals surface area contributed by atoms with Crippen molar-refractivity contribution >= 4 is 5.97 Å². The normalized spacial score (nSPS) is 35.6. The van der Waals surface area contributed by atoms with Gasteiger partial charge in [0.2, 0.25) is 5.85 Å². The average Bonchev–Trinajstić information content (AvgIpc) is 1.85. The second-order valence-corrected chi connectivity index (χ2v) is 2.29. The molecule has 11 heavy (non-hydrogen) atoms. The number of carbonyl (C=O) groups is 1. The Balaban J connectivity index is 2.89. The van der Waals surface area contributed by atoms with E-state index in [9.17, 15) is 9.18 Å². The van der Waals surface area contributed by atoms with Crippen molar-refractivity contribution in [3.05, 3.63) is 24.3 Å². The van der Waals surface area contributed by atoms with Crippen LogP contribution in [0.15, 0.2) is 24.3 Å². The molecule has 0 amide bonds. The molecule has 0 aliphatic heterocycles. The molecule has 4 heteroatoms. The summed E-state index contributed by atoms with van der Waals surface area (Å²) < 4.78 is 12.8. The molecule has 1 aliphatic carbocycles. The number of alkyl halides is 1. The van der Waals surface area contributed by atoms with Crippen molar-refractivity contribution < 1.29 is 19.4 Å². The predicted octanol–water partition coefficient (Wildman–Crippen LogP) is 0.471. The van der Waals surface area contributed by atoms with Gasteiger partial charge >= 0.3 is 5.97 Å². The van der Waals surface area contributed by atoms with Crippen LogP contribution in [-0.2, 0) is 4.79 Å². The average molecular weight is 158 g/mol. The Labute approximate surface area is 62.5 Å². The van der Waals surface area contributed by atoms with E-state index in [0.29, 0.717) is 0 Å². The number of hydrogen-bond donors (Lipinski definition) is 2. The van der Waals surface area contributed by atoms with Gasteiger partial charge in [-0.3, -0.25) is 4.79 Å². The molecule has 2 unspecified atom stereocenters. The van der Waals surface area contributed by atoms with E-state index >= 15 is 0 Å². The zero-order chi connectivity index (χ0) is 8.48. The van der Waals surface area contributed by atoms with E-state index in [0.717, 1.165) is 12.2 Å². The maximum absolute atomic E-state index is 12.8. The molecule has 0 aromatic heterocycles. The van der Waals surface area contributed by atoms with Gasteiger partial charge in [-0.2, -0.15) is 0 Å². The molecule has 0 saturated carbocycles. The Morgan fingerprint density at radius 2 is 2.18 bits per heavy atom. The smallest absolute Gasteiger partial charge is 0.316 e. The number of rotatable bonds is 1. The molecule has 0 heterocycles. The van der Waals surface area contributed by atoms with Gasteiger partial charge in [-0.05, 0) is 6.08 Å². The molecular formula is C7H7FO3. The van der Waals surface area contributed by atoms with Gasteiger partial charge in [-0.1, -0.05) is 18.2 Å². The third kappa shape index (κ3) is 1.46. The van der Waals surface area contributed by atoms with Gasteiger partial charge in [0.05, 0.1) is 0 Å². The van der Waals surface area contributed by atoms with Gasteiger partial charge in [-0.15, -0.1) is 0 Å². The van der Waals surface area contributed by atoms with Gasteiger partial charge in [0, 0.05) is 0 Å². The van der Waals surface area contributed by atoms with Gasteiger partial charge in [0.25, 0.3) is 0 Å². The summed E-state index contributed by atoms with van der Waals surface area (Å²) in [6.07, 6.45) is 4.56. The van der Waals surface area contributed by atoms with Crippen LogP contribution in [0.3, 0.4) is 0 Å². The summed E-state index contributed by atoms with van der Waals surface area (Å²) in [6, 6.07) is 0. The summed E-state index contributed by atoms with van der Waals surface area (Å²) in [6.45, 7) is 0. The summed E-state index contributed by atoms with van der Waals surface area (Å²) in [5.41, 5.74) is 0. The summed E-state index contributed by atoms with van der Waals surface area (Å²) in [7, 11) is 0. The Hall–Kier alpha value is -1.16. The fraction of sp³-hybridized carbons (Fsp3) is 0.286. The van der Waals surface area contributed by atoms with Crippen LogP contribution in [0.5, 0.6) is 0 Å². The lowest BCUT2D eigenvalue weighted by Gasteiger charge is -2.21. The Morgan fingerprint density at radius 3 is 2.55 bits per heavy atom. The Morgan fingerprint density at radius 1 is 1.55 bits per heavy atom. The van der Waals surface area contributed by atoms with Gasteiger partial charge < -0.3 is 10.2 Å². The second kappa shape index (κ2) is 2.47. The molecule has 0 spiro atoms. The summed E-state index contributed by atoms with van der Waals surface area (Å²) in [4.78, 5) is 10.3. The minimum absolute atomic E-state index is 0.811. The van der Waals surface area contributed by atoms with Gasteiger partial charge in [-0.25, -0.2) is 4.39 Å². The van der Waals surface area contributed by atoms with Crippen LogP contribution in [-0.4, -0.2) is 22.0 Å². The van der Waals surface area contributed by atoms with E-state index in [1.165, 1.54) is 12.2 Å². The lowest BCUT2D eigenvalue weighted by atomic mass is 9.96. The maximum atomic E-state index is 12.8. The zero-order valence-electron chi connectivity index (χ0n) is 5.57. The summed E-state index contributed by atoms with van der Waals surface area (Å²) in [5.74, 6) is -5.62. The first-order chi connectivity index (χ1) is 5.04. The Kier molecular flexibility index (Phi) is 1.78. The van der Waals surface area contributed by atoms with E-state index in [1.807, 2.05) is 0 Å². The monoisotopic (exact) mass is 158 g/mol. The van der Waals surface area contributed by atoms with E-state index in [1.54, 1.807) is 0 Å². The van der Waals surface area contributed by atoms with Crippen molar-refractivity contribution in [2.45, 2.75) is 5.85 Å². The molecular weight excluding hydrogens is 151 g/mol. The molecule has 2 N–H and O–H groups in total. The van der Waals surface area contributed by atoms with Crippen molar-refractivity contribution in [1.82, 2.24) is 0 Å². The van der Waals surface area contributed by atoms with Crippen molar-refractivity contribution in [3.8, 4) is 0 Å². The lowest BCUT2D eigenvalue weighted by Crippen LogP contribution is -2.36. The summed E-state index contributed by atoms with van der Waals surface area (Å²) >= 11 is 0. The van der Waals surface area contributed by atoms with Crippen LogP contribution in [0.1, 0.15) is 0 Å². The molecule has 0 fully saturated rings. The number of carboxylic acid groups (broad SMARTS) is 1. The van der Waals surface area contributed by atoms with Crippen molar-refractivity contribution in [2.75, 3.05) is 0 Å². The number of carboxylic acids is 1. The molecule has 0 aromatic rings. The zero-order valence-corrected chi connectivity index (χ0v) is 5.57. The fourth-order valence-corrected chi connectivity index (χ4v) is 0.860. The van der Waals surface area contributed by atoms with Crippen LogP contribution in [0.4, 0.5) is 4.39 Å². The van der Waals surface area contributed by atoms with Gasteiger partial charge in [0.1, 0.15) is 5.92 Å². The summed E-state index contributed by atoms with van der Waals surface area (Å²) in [5, 5.41) is 17.2. The van der Waals surface area contributed by atoms with Crippen LogP contribution < -0.4 is 0 Å². The molecule has 60 valence electrons. The van der Waals surface area contributed by atoms with Crippen LogP contribution in [0, 0.1) is 5.92 Å². The lowest BCUT2D eigenvalue weighted by molar-refractivity contribution is -0.156. The molecule has 0 saturated heterocycles. The largest absolute Gasteiger partial charge is 0.481 e. The molecule has 1 rings (SSSR count). The topological polar surface area (TPSA) is 57.5 Å². The third-order valence-electron chi connectivity index (χ3n) is 1.45. The highest BCUT2D eigenvalue weighted by Gasteiger charge is 2.39. The fourth-order valence-electron chi connectivity index (χ4n) is 0.860. The number of halogens is 1. The third-order valence-corrected chi connectivity index (χ3v) is 1.45. The SMILES string of the molecule is O=C(O)C1C=CC=CC1(O)F. The van der Waals surface area contributed by atoms with E-state index in [2.05, 4.69) is 0 Å². The number of aliphatic carboxylic acids is 1. The first-order valence-corrected chi connectivity index (χ1v) is 3.04. The van der Waals surface area contributed by atoms with Crippen LogP contribution in [0.2, 0.25) is 0 Å². The molecule has 0 bridgehead atoms. The Bertz CT molecular complexity index is 230. The van der Waals surface area contributed by atoms with E-state index in [-0.39, 0.29) is 0 Å². The minimum atomic E-state index is -2.75. The van der Waals surface area contributed by atoms with Crippen LogP contribution >= 0.6 is 0 Å². The quantitative estimate of drug-likeness (QED) is 0.583. The predicted molar refractivity (Wildman–Crippen MR) is 35.5 cm³/mol. The number of hydrogen-bond acceptors (Lipinski definition) is 2. The van der Waals surface area contributed by atoms with E-state index in [4.69, 9.17) is 10.2 Å². The van der Waals surface area contributed by atoms with Crippen molar-refractivity contribution in [3.63, 3.8) is 0 Å². The van der Waals surface area contributed by atoms with Gasteiger partial charge in [0.15, 0.2) is 0 Å². The van der Waals surface area contributed by atoms with Crippen molar-refractivity contribution in [1.29, 1.82) is 0 Å². The first-order valence-electron chi connectivity index (χ1n) is 3.04. The maximum Gasteiger partial charge on any atom is 0.316 e. The first kappa shape index (κ1) is 7.94. The standard InChI is InChI=1S/C7H7FO3/c8-7(11)4-2-1-3-5(7)6(9)10/h1-5,11H,(H,9,10). The van der Waals surface area contributed by atoms with E-state index < -0.39 is 17.7 Å². The van der Waals surface area contributed by atoms with Crippen molar-refractivity contribution in [2.24, 2.45) is 5.92 Å². The minimum Gasteiger partial charge on any atom is -0.481 e. The molecule has 1 aliphatic rings. The molecule has 3 nitrogen and oxygen atoms in total. The van der Waals surface area contributed by atoms with Crippen LogP contribution in [0.25, 0.3) is 0 Å².